The Kier molecular flexibility index (Phi) is 3.86. The fourth-order valence-electron chi connectivity index (χ4n) is 2.51. The fraction of sp³-hybridized carbons (Fsp3) is 0.278. The molecule has 1 saturated heterocycles. The third-order valence-electron chi connectivity index (χ3n) is 3.98. The normalized spacial score (nSPS) is 17.5. The first-order chi connectivity index (χ1) is 10.6. The lowest BCUT2D eigenvalue weighted by atomic mass is 9.96. The molecule has 2 aromatic rings. The third kappa shape index (κ3) is 2.83. The molecule has 0 spiro atoms. The Balaban J connectivity index is 1.58. The third-order valence-corrected chi connectivity index (χ3v) is 3.98. The smallest absolute Gasteiger partial charge is 0.342 e. The van der Waals surface area contributed by atoms with Crippen molar-refractivity contribution in [2.45, 2.75) is 18.6 Å². The van der Waals surface area contributed by atoms with E-state index in [-0.39, 0.29) is 6.10 Å². The number of anilines is 1. The average molecular weight is 297 g/mol. The highest BCUT2D eigenvalue weighted by atomic mass is 16.6. The molecule has 1 aliphatic heterocycles. The lowest BCUT2D eigenvalue weighted by Gasteiger charge is -2.41. The molecule has 0 aromatic heterocycles. The van der Waals surface area contributed by atoms with Gasteiger partial charge >= 0.3 is 5.97 Å². The van der Waals surface area contributed by atoms with Crippen LogP contribution in [0.5, 0.6) is 0 Å². The standard InChI is InChI=1S/C18H19NO3/c1-18(21,14-8-4-2-5-9-14)17(20)22-16-12-19(13-16)15-10-6-3-7-11-15/h2-11,16,21H,12-13H2,1H3. The van der Waals surface area contributed by atoms with E-state index in [1.165, 1.54) is 6.92 Å². The van der Waals surface area contributed by atoms with Crippen molar-refractivity contribution in [3.63, 3.8) is 0 Å². The summed E-state index contributed by atoms with van der Waals surface area (Å²) >= 11 is 0. The second kappa shape index (κ2) is 5.81. The first-order valence-corrected chi connectivity index (χ1v) is 7.36. The molecule has 1 unspecified atom stereocenters. The maximum absolute atomic E-state index is 12.2. The van der Waals surface area contributed by atoms with Crippen molar-refractivity contribution in [1.82, 2.24) is 0 Å². The molecule has 22 heavy (non-hydrogen) atoms. The summed E-state index contributed by atoms with van der Waals surface area (Å²) in [4.78, 5) is 14.4. The van der Waals surface area contributed by atoms with Crippen molar-refractivity contribution in [1.29, 1.82) is 0 Å². The Morgan fingerprint density at radius 2 is 1.64 bits per heavy atom. The minimum atomic E-state index is -1.62. The van der Waals surface area contributed by atoms with Crippen LogP contribution in [0, 0.1) is 0 Å². The number of para-hydroxylation sites is 1. The average Bonchev–Trinajstić information content (AvgIpc) is 2.52. The van der Waals surface area contributed by atoms with E-state index in [0.29, 0.717) is 18.7 Å². The summed E-state index contributed by atoms with van der Waals surface area (Å²) < 4.78 is 5.43. The van der Waals surface area contributed by atoms with E-state index in [2.05, 4.69) is 4.90 Å². The topological polar surface area (TPSA) is 49.8 Å². The number of aliphatic hydroxyl groups is 1. The number of hydrogen-bond donors (Lipinski definition) is 1. The van der Waals surface area contributed by atoms with Gasteiger partial charge in [0.25, 0.3) is 0 Å². The van der Waals surface area contributed by atoms with E-state index in [4.69, 9.17) is 4.74 Å². The van der Waals surface area contributed by atoms with Gasteiger partial charge in [-0.1, -0.05) is 48.5 Å². The van der Waals surface area contributed by atoms with Gasteiger partial charge in [0.15, 0.2) is 5.60 Å². The minimum Gasteiger partial charge on any atom is -0.456 e. The highest BCUT2D eigenvalue weighted by Crippen LogP contribution is 2.26. The summed E-state index contributed by atoms with van der Waals surface area (Å²) in [7, 11) is 0. The van der Waals surface area contributed by atoms with Gasteiger partial charge in [0.05, 0.1) is 13.1 Å². The number of carbonyl (C=O) groups excluding carboxylic acids is 1. The molecule has 2 aromatic carbocycles. The summed E-state index contributed by atoms with van der Waals surface area (Å²) in [5, 5.41) is 10.4. The van der Waals surface area contributed by atoms with Crippen LogP contribution in [0.25, 0.3) is 0 Å². The van der Waals surface area contributed by atoms with E-state index in [1.54, 1.807) is 24.3 Å². The number of rotatable bonds is 4. The zero-order valence-electron chi connectivity index (χ0n) is 12.5. The summed E-state index contributed by atoms with van der Waals surface area (Å²) in [6.45, 7) is 2.78. The van der Waals surface area contributed by atoms with Crippen molar-refractivity contribution >= 4 is 11.7 Å². The van der Waals surface area contributed by atoms with Gasteiger partial charge in [0.2, 0.25) is 0 Å². The molecule has 0 amide bonds. The van der Waals surface area contributed by atoms with Gasteiger partial charge in [-0.3, -0.25) is 0 Å². The molecular weight excluding hydrogens is 278 g/mol. The lowest BCUT2D eigenvalue weighted by Crippen LogP contribution is -2.54. The Morgan fingerprint density at radius 1 is 1.09 bits per heavy atom. The van der Waals surface area contributed by atoms with E-state index >= 15 is 0 Å². The lowest BCUT2D eigenvalue weighted by molar-refractivity contribution is -0.171. The van der Waals surface area contributed by atoms with Gasteiger partial charge in [-0.05, 0) is 24.6 Å². The molecule has 0 bridgehead atoms. The minimum absolute atomic E-state index is 0.178. The zero-order chi connectivity index (χ0) is 15.6. The zero-order valence-corrected chi connectivity index (χ0v) is 12.5. The maximum atomic E-state index is 12.2. The highest BCUT2D eigenvalue weighted by molar-refractivity contribution is 5.81. The number of hydrogen-bond acceptors (Lipinski definition) is 4. The van der Waals surface area contributed by atoms with Crippen LogP contribution in [0.3, 0.4) is 0 Å². The summed E-state index contributed by atoms with van der Waals surface area (Å²) in [6.07, 6.45) is -0.178. The van der Waals surface area contributed by atoms with Gasteiger partial charge in [-0.2, -0.15) is 0 Å². The number of carbonyl (C=O) groups is 1. The summed E-state index contributed by atoms with van der Waals surface area (Å²) in [6, 6.07) is 18.8. The monoisotopic (exact) mass is 297 g/mol. The van der Waals surface area contributed by atoms with Crippen LogP contribution in [-0.2, 0) is 15.1 Å². The van der Waals surface area contributed by atoms with Crippen molar-refractivity contribution < 1.29 is 14.6 Å². The van der Waals surface area contributed by atoms with Gasteiger partial charge in [-0.15, -0.1) is 0 Å². The highest BCUT2D eigenvalue weighted by Gasteiger charge is 2.38. The van der Waals surface area contributed by atoms with Gasteiger partial charge in [0.1, 0.15) is 6.10 Å². The Bertz CT molecular complexity index is 634. The first kappa shape index (κ1) is 14.6. The van der Waals surface area contributed by atoms with Crippen LogP contribution in [0.1, 0.15) is 12.5 Å². The van der Waals surface area contributed by atoms with Crippen LogP contribution < -0.4 is 4.90 Å². The van der Waals surface area contributed by atoms with Crippen LogP contribution in [-0.4, -0.2) is 30.3 Å². The van der Waals surface area contributed by atoms with Crippen LogP contribution >= 0.6 is 0 Å². The van der Waals surface area contributed by atoms with Crippen LogP contribution in [0.4, 0.5) is 5.69 Å². The molecule has 1 atom stereocenters. The molecule has 0 aliphatic carbocycles. The summed E-state index contributed by atoms with van der Waals surface area (Å²) in [5.41, 5.74) is 0.0397. The molecule has 0 radical (unpaired) electrons. The Labute approximate surface area is 130 Å². The van der Waals surface area contributed by atoms with Crippen LogP contribution in [0.2, 0.25) is 0 Å². The molecule has 1 N–H and O–H groups in total. The maximum Gasteiger partial charge on any atom is 0.342 e. The number of ether oxygens (including phenoxy) is 1. The molecule has 4 heteroatoms. The number of benzene rings is 2. The molecule has 1 fully saturated rings. The fourth-order valence-corrected chi connectivity index (χ4v) is 2.51. The molecular formula is C18H19NO3. The summed E-state index contributed by atoms with van der Waals surface area (Å²) in [5.74, 6) is -0.601. The van der Waals surface area contributed by atoms with Crippen molar-refractivity contribution in [3.05, 3.63) is 66.2 Å². The second-order valence-corrected chi connectivity index (χ2v) is 5.71. The van der Waals surface area contributed by atoms with E-state index in [0.717, 1.165) is 5.69 Å². The van der Waals surface area contributed by atoms with Crippen molar-refractivity contribution in [3.8, 4) is 0 Å². The van der Waals surface area contributed by atoms with Crippen LogP contribution in [0.15, 0.2) is 60.7 Å². The van der Waals surface area contributed by atoms with E-state index in [1.807, 2.05) is 36.4 Å². The van der Waals surface area contributed by atoms with Gasteiger partial charge < -0.3 is 14.7 Å². The first-order valence-electron chi connectivity index (χ1n) is 7.36. The number of nitrogens with zero attached hydrogens (tertiary/aromatic N) is 1. The molecule has 1 heterocycles. The largest absolute Gasteiger partial charge is 0.456 e. The predicted octanol–water partition coefficient (Wildman–Crippen LogP) is 2.33. The molecule has 1 aliphatic rings. The van der Waals surface area contributed by atoms with Crippen molar-refractivity contribution in [2.75, 3.05) is 18.0 Å². The Morgan fingerprint density at radius 3 is 2.23 bits per heavy atom. The predicted molar refractivity (Wildman–Crippen MR) is 84.5 cm³/mol. The van der Waals surface area contributed by atoms with E-state index < -0.39 is 11.6 Å². The van der Waals surface area contributed by atoms with E-state index in [9.17, 15) is 9.90 Å². The SMILES string of the molecule is CC(O)(C(=O)OC1CN(c2ccccc2)C1)c1ccccc1. The van der Waals surface area contributed by atoms with Gasteiger partial charge in [-0.25, -0.2) is 4.79 Å². The molecule has 114 valence electrons. The molecule has 0 saturated carbocycles. The number of esters is 1. The van der Waals surface area contributed by atoms with Crippen molar-refractivity contribution in [2.24, 2.45) is 0 Å². The second-order valence-electron chi connectivity index (χ2n) is 5.71. The quantitative estimate of drug-likeness (QED) is 0.880. The molecule has 3 rings (SSSR count). The van der Waals surface area contributed by atoms with Gasteiger partial charge in [0, 0.05) is 5.69 Å². The molecule has 4 nitrogen and oxygen atoms in total. The Hall–Kier alpha value is -2.33.